The molecule has 0 heterocycles. The Balaban J connectivity index is 3.62. The van der Waals surface area contributed by atoms with Crippen LogP contribution >= 0.6 is 0 Å². The number of carbonyl (C=O) groups is 2. The molecule has 78 heavy (non-hydrogen) atoms. The molecule has 0 aliphatic carbocycles. The maximum Gasteiger partial charge on any atom is 0.306 e. The molecule has 0 saturated heterocycles. The van der Waals surface area contributed by atoms with Crippen molar-refractivity contribution in [2.24, 2.45) is 0 Å². The van der Waals surface area contributed by atoms with Gasteiger partial charge in [-0.1, -0.05) is 295 Å². The van der Waals surface area contributed by atoms with Crippen LogP contribution in [0.4, 0.5) is 0 Å². The Morgan fingerprint density at radius 3 is 0.859 bits per heavy atom. The Morgan fingerprint density at radius 2 is 0.551 bits per heavy atom. The Hall–Kier alpha value is -4.22. The van der Waals surface area contributed by atoms with Gasteiger partial charge in [0.25, 0.3) is 0 Å². The second kappa shape index (κ2) is 67.1. The van der Waals surface area contributed by atoms with E-state index in [4.69, 9.17) is 9.47 Å². The van der Waals surface area contributed by atoms with Crippen LogP contribution in [0.1, 0.15) is 284 Å². The van der Waals surface area contributed by atoms with Crippen molar-refractivity contribution in [3.05, 3.63) is 146 Å². The molecule has 0 aliphatic heterocycles. The van der Waals surface area contributed by atoms with Crippen LogP contribution in [0, 0.1) is 0 Å². The van der Waals surface area contributed by atoms with Gasteiger partial charge in [-0.05, 0) is 122 Å². The lowest BCUT2D eigenvalue weighted by Gasteiger charge is -2.15. The summed E-state index contributed by atoms with van der Waals surface area (Å²) in [5, 5.41) is 9.68. The van der Waals surface area contributed by atoms with Crippen LogP contribution in [0.5, 0.6) is 0 Å². The zero-order valence-electron chi connectivity index (χ0n) is 50.6. The number of ether oxygens (including phenoxy) is 2. The second-order valence-electron chi connectivity index (χ2n) is 21.1. The van der Waals surface area contributed by atoms with E-state index in [9.17, 15) is 14.7 Å². The molecule has 5 heteroatoms. The molecule has 5 nitrogen and oxygen atoms in total. The molecule has 1 unspecified atom stereocenters. The molecule has 1 atom stereocenters. The Bertz CT molecular complexity index is 1650. The smallest absolute Gasteiger partial charge is 0.306 e. The summed E-state index contributed by atoms with van der Waals surface area (Å²) in [7, 11) is 0. The number of rotatable bonds is 58. The summed E-state index contributed by atoms with van der Waals surface area (Å²) in [6.45, 7) is 4.01. The van der Waals surface area contributed by atoms with Gasteiger partial charge in [0.1, 0.15) is 6.61 Å². The molecule has 0 saturated carbocycles. The molecule has 0 amide bonds. The number of esters is 2. The third kappa shape index (κ3) is 64.3. The van der Waals surface area contributed by atoms with Crippen LogP contribution in [-0.2, 0) is 19.1 Å². The highest BCUT2D eigenvalue weighted by Gasteiger charge is 2.16. The van der Waals surface area contributed by atoms with Gasteiger partial charge < -0.3 is 14.6 Å². The third-order valence-corrected chi connectivity index (χ3v) is 13.6. The fourth-order valence-corrected chi connectivity index (χ4v) is 8.79. The lowest BCUT2D eigenvalue weighted by atomic mass is 10.0. The minimum Gasteiger partial charge on any atom is -0.462 e. The number of aliphatic hydroxyl groups is 1. The average molecular weight is 1080 g/mol. The monoisotopic (exact) mass is 1080 g/mol. The Kier molecular flexibility index (Phi) is 63.4. The fourth-order valence-electron chi connectivity index (χ4n) is 8.79. The van der Waals surface area contributed by atoms with Crippen molar-refractivity contribution in [2.75, 3.05) is 13.2 Å². The van der Waals surface area contributed by atoms with Gasteiger partial charge in [0.05, 0.1) is 6.61 Å². The number of aliphatic hydroxyl groups excluding tert-OH is 1. The second-order valence-corrected chi connectivity index (χ2v) is 21.1. The van der Waals surface area contributed by atoms with Crippen LogP contribution < -0.4 is 0 Å². The van der Waals surface area contributed by atoms with Crippen LogP contribution in [0.2, 0.25) is 0 Å². The highest BCUT2D eigenvalue weighted by Crippen LogP contribution is 2.16. The molecule has 0 rings (SSSR count). The summed E-state index contributed by atoms with van der Waals surface area (Å²) in [6.07, 6.45) is 101. The minimum atomic E-state index is -0.801. The van der Waals surface area contributed by atoms with Gasteiger partial charge >= 0.3 is 11.9 Å². The zero-order chi connectivity index (χ0) is 56.2. The molecule has 0 aromatic heterocycles. The first-order valence-corrected chi connectivity index (χ1v) is 32.4. The molecule has 0 bridgehead atoms. The predicted molar refractivity (Wildman–Crippen MR) is 343 cm³/mol. The number of unbranched alkanes of at least 4 members (excludes halogenated alkanes) is 26. The topological polar surface area (TPSA) is 72.8 Å². The van der Waals surface area contributed by atoms with Gasteiger partial charge in [-0.25, -0.2) is 0 Å². The van der Waals surface area contributed by atoms with Gasteiger partial charge in [0.15, 0.2) is 6.10 Å². The summed E-state index contributed by atoms with van der Waals surface area (Å²) >= 11 is 0. The SMILES string of the molecule is CC/C=C\C/C=C\C/C=C\C/C=C\C/C=C\C/C=C\C/C=C\C/C=C\C/C=C\C/C=C\C/C=C\CCCCCC(=O)OC(CO)COC(=O)CCCCCCCCCCCCCCCCC/C=C\CCCCCCCCCC. The molecule has 0 spiro atoms. The number of hydrogen-bond donors (Lipinski definition) is 1. The highest BCUT2D eigenvalue weighted by atomic mass is 16.6. The number of carbonyl (C=O) groups excluding carboxylic acids is 2. The van der Waals surface area contributed by atoms with E-state index in [1.165, 1.54) is 141 Å². The maximum absolute atomic E-state index is 12.3. The van der Waals surface area contributed by atoms with Crippen molar-refractivity contribution in [1.29, 1.82) is 0 Å². The molecule has 1 N–H and O–H groups in total. The third-order valence-electron chi connectivity index (χ3n) is 13.6. The Labute approximate surface area is 482 Å². The van der Waals surface area contributed by atoms with E-state index < -0.39 is 6.10 Å². The average Bonchev–Trinajstić information content (AvgIpc) is 3.44. The molecule has 0 radical (unpaired) electrons. The van der Waals surface area contributed by atoms with Gasteiger partial charge in [0, 0.05) is 12.8 Å². The maximum atomic E-state index is 12.3. The molecule has 0 aromatic carbocycles. The van der Waals surface area contributed by atoms with Crippen molar-refractivity contribution in [1.82, 2.24) is 0 Å². The van der Waals surface area contributed by atoms with Gasteiger partial charge in [-0.3, -0.25) is 9.59 Å². The molecule has 442 valence electrons. The number of allylic oxidation sites excluding steroid dienone is 24. The summed E-state index contributed by atoms with van der Waals surface area (Å²) in [5.74, 6) is -0.631. The van der Waals surface area contributed by atoms with Crippen LogP contribution in [0.15, 0.2) is 146 Å². The largest absolute Gasteiger partial charge is 0.462 e. The highest BCUT2D eigenvalue weighted by molar-refractivity contribution is 5.70. The first-order chi connectivity index (χ1) is 38.6. The normalized spacial score (nSPS) is 13.2. The van der Waals surface area contributed by atoms with Crippen molar-refractivity contribution in [2.45, 2.75) is 290 Å². The van der Waals surface area contributed by atoms with E-state index in [1.54, 1.807) is 0 Å². The van der Waals surface area contributed by atoms with Crippen molar-refractivity contribution < 1.29 is 24.2 Å². The minimum absolute atomic E-state index is 0.0863. The van der Waals surface area contributed by atoms with Gasteiger partial charge in [-0.15, -0.1) is 0 Å². The van der Waals surface area contributed by atoms with E-state index >= 15 is 0 Å². The van der Waals surface area contributed by atoms with Crippen LogP contribution in [0.3, 0.4) is 0 Å². The quantitative estimate of drug-likeness (QED) is 0.0373. The fraction of sp³-hybridized carbons (Fsp3) is 0.644. The first-order valence-electron chi connectivity index (χ1n) is 32.4. The molecular weight excluding hydrogens is 957 g/mol. The molecule has 0 aromatic rings. The van der Waals surface area contributed by atoms with Crippen LogP contribution in [0.25, 0.3) is 0 Å². The van der Waals surface area contributed by atoms with Gasteiger partial charge in [0.2, 0.25) is 0 Å². The summed E-state index contributed by atoms with van der Waals surface area (Å²) in [5.41, 5.74) is 0. The van der Waals surface area contributed by atoms with Crippen molar-refractivity contribution >= 4 is 11.9 Å². The summed E-state index contributed by atoms with van der Waals surface area (Å²) in [6, 6.07) is 0. The lowest BCUT2D eigenvalue weighted by molar-refractivity contribution is -0.161. The summed E-state index contributed by atoms with van der Waals surface area (Å²) < 4.78 is 10.7. The van der Waals surface area contributed by atoms with Gasteiger partial charge in [-0.2, -0.15) is 0 Å². The van der Waals surface area contributed by atoms with Crippen molar-refractivity contribution in [3.8, 4) is 0 Å². The number of hydrogen-bond acceptors (Lipinski definition) is 5. The lowest BCUT2D eigenvalue weighted by Crippen LogP contribution is -2.28. The Morgan fingerprint density at radius 1 is 0.308 bits per heavy atom. The van der Waals surface area contributed by atoms with Crippen molar-refractivity contribution in [3.63, 3.8) is 0 Å². The summed E-state index contributed by atoms with van der Waals surface area (Å²) in [4.78, 5) is 24.6. The van der Waals surface area contributed by atoms with E-state index in [2.05, 4.69) is 160 Å². The van der Waals surface area contributed by atoms with E-state index in [0.717, 1.165) is 116 Å². The molecular formula is C73H120O5. The van der Waals surface area contributed by atoms with E-state index in [0.29, 0.717) is 12.8 Å². The predicted octanol–water partition coefficient (Wildman–Crippen LogP) is 22.5. The molecule has 0 fully saturated rings. The van der Waals surface area contributed by atoms with Crippen LogP contribution in [-0.4, -0.2) is 36.4 Å². The van der Waals surface area contributed by atoms with E-state index in [1.807, 2.05) is 0 Å². The first kappa shape index (κ1) is 73.8. The zero-order valence-corrected chi connectivity index (χ0v) is 50.6. The van der Waals surface area contributed by atoms with E-state index in [-0.39, 0.29) is 25.2 Å². The standard InChI is InChI=1S/C73H120O5/c1-3-5-7-9-11-13-15-17-19-21-23-25-27-29-31-32-33-34-35-36-37-38-39-40-42-44-46-48-50-52-54-56-58-60-62-64-66-68-73(76)78-71(69-74)70-77-72(75)67-65-63-61-59-57-55-53-51-49-47-45-43-41-30-28-26-24-22-20-18-16-14-12-10-8-6-4-2/h5,7,11,13,17,19,22-25,29,31,33-34,36-37,39-40,44,46,50,52,56,58,71,74H,3-4,6,8-10,12,14-16,18,20-21,26-28,30,32,35,38,41-43,45,47-49,51,53-55,57,59-70H2,1-2H3/b7-5-,13-11-,19-17-,24-22-,25-23-,31-29-,34-33-,37-36-,40-39-,46-44-,52-50-,58-56-. The molecule has 0 aliphatic rings.